The second-order valence-electron chi connectivity index (χ2n) is 6.63. The van der Waals surface area contributed by atoms with E-state index in [1.165, 1.54) is 11.2 Å². The zero-order valence-electron chi connectivity index (χ0n) is 14.2. The Morgan fingerprint density at radius 1 is 1.20 bits per heavy atom. The van der Waals surface area contributed by atoms with Gasteiger partial charge in [-0.15, -0.1) is 0 Å². The molecular weight excluding hydrogens is 336 g/mol. The molecule has 1 N–H and O–H groups in total. The maximum Gasteiger partial charge on any atom is 0.307 e. The number of aromatic nitrogens is 1. The average molecular weight is 355 g/mol. The van der Waals surface area contributed by atoms with E-state index < -0.39 is 5.97 Å². The number of carboxylic acid groups (broad SMARTS) is 1. The number of nitrogens with zero attached hydrogens (tertiary/aromatic N) is 2. The standard InChI is InChI=1S/C20H19ClN2O2/c1-12-9-16-19(13-3-5-15(21)6-4-13)14(11-18(24)25)10-17-20(16)23(12)8-7-22(17)2/h3-6,9-10H,7-8,11H2,1-2H3,(H,24,25). The van der Waals surface area contributed by atoms with Gasteiger partial charge in [0, 0.05) is 36.2 Å². The third kappa shape index (κ3) is 2.57. The summed E-state index contributed by atoms with van der Waals surface area (Å²) in [5.41, 5.74) is 6.32. The van der Waals surface area contributed by atoms with Gasteiger partial charge in [0.1, 0.15) is 0 Å². The fraction of sp³-hybridized carbons (Fsp3) is 0.250. The molecule has 25 heavy (non-hydrogen) atoms. The number of rotatable bonds is 3. The van der Waals surface area contributed by atoms with Crippen molar-refractivity contribution in [3.63, 3.8) is 0 Å². The van der Waals surface area contributed by atoms with E-state index in [2.05, 4.69) is 29.5 Å². The first-order valence-corrected chi connectivity index (χ1v) is 8.68. The van der Waals surface area contributed by atoms with Crippen molar-refractivity contribution in [3.8, 4) is 11.1 Å². The minimum absolute atomic E-state index is 0.00102. The molecule has 5 heteroatoms. The van der Waals surface area contributed by atoms with Gasteiger partial charge in [0.15, 0.2) is 0 Å². The van der Waals surface area contributed by atoms with Gasteiger partial charge in [0.25, 0.3) is 0 Å². The molecule has 0 saturated carbocycles. The Bertz CT molecular complexity index is 989. The fourth-order valence-corrected chi connectivity index (χ4v) is 3.96. The van der Waals surface area contributed by atoms with Crippen LogP contribution in [0.3, 0.4) is 0 Å². The summed E-state index contributed by atoms with van der Waals surface area (Å²) in [6, 6.07) is 11.8. The molecule has 3 aromatic rings. The molecule has 128 valence electrons. The van der Waals surface area contributed by atoms with Crippen molar-refractivity contribution >= 4 is 34.2 Å². The monoisotopic (exact) mass is 354 g/mol. The lowest BCUT2D eigenvalue weighted by molar-refractivity contribution is -0.136. The molecule has 0 aliphatic carbocycles. The molecule has 2 aromatic carbocycles. The smallest absolute Gasteiger partial charge is 0.307 e. The van der Waals surface area contributed by atoms with Gasteiger partial charge in [0.05, 0.1) is 17.6 Å². The highest BCUT2D eigenvalue weighted by molar-refractivity contribution is 6.30. The summed E-state index contributed by atoms with van der Waals surface area (Å²) in [4.78, 5) is 13.7. The Morgan fingerprint density at radius 3 is 2.60 bits per heavy atom. The van der Waals surface area contributed by atoms with Gasteiger partial charge in [-0.25, -0.2) is 0 Å². The molecule has 0 amide bonds. The van der Waals surface area contributed by atoms with Crippen LogP contribution in [0.25, 0.3) is 22.0 Å². The maximum absolute atomic E-state index is 11.5. The van der Waals surface area contributed by atoms with Gasteiger partial charge in [-0.3, -0.25) is 4.79 Å². The van der Waals surface area contributed by atoms with E-state index in [9.17, 15) is 9.90 Å². The Labute approximate surface area is 151 Å². The number of aliphatic carboxylic acids is 1. The molecule has 1 aromatic heterocycles. The Balaban J connectivity index is 2.09. The van der Waals surface area contributed by atoms with Gasteiger partial charge >= 0.3 is 5.97 Å². The van der Waals surface area contributed by atoms with Gasteiger partial charge in [-0.1, -0.05) is 23.7 Å². The van der Waals surface area contributed by atoms with Crippen molar-refractivity contribution < 1.29 is 9.90 Å². The first-order valence-electron chi connectivity index (χ1n) is 8.30. The predicted octanol–water partition coefficient (Wildman–Crippen LogP) is 4.35. The zero-order valence-corrected chi connectivity index (χ0v) is 15.0. The highest BCUT2D eigenvalue weighted by atomic mass is 35.5. The second-order valence-corrected chi connectivity index (χ2v) is 7.06. The van der Waals surface area contributed by atoms with Crippen molar-refractivity contribution in [2.45, 2.75) is 19.9 Å². The molecular formula is C20H19ClN2O2. The van der Waals surface area contributed by atoms with E-state index in [1.54, 1.807) is 0 Å². The lowest BCUT2D eigenvalue weighted by Crippen LogP contribution is -2.28. The molecule has 1 aliphatic rings. The number of benzene rings is 2. The first kappa shape index (κ1) is 16.0. The van der Waals surface area contributed by atoms with Gasteiger partial charge in [-0.05, 0) is 47.9 Å². The van der Waals surface area contributed by atoms with Crippen LogP contribution in [0.1, 0.15) is 11.3 Å². The molecule has 0 saturated heterocycles. The average Bonchev–Trinajstić information content (AvgIpc) is 2.89. The summed E-state index contributed by atoms with van der Waals surface area (Å²) in [7, 11) is 2.06. The number of carboxylic acids is 1. The van der Waals surface area contributed by atoms with Crippen LogP contribution in [0, 0.1) is 6.92 Å². The minimum Gasteiger partial charge on any atom is -0.481 e. The molecule has 0 spiro atoms. The minimum atomic E-state index is -0.823. The van der Waals surface area contributed by atoms with E-state index in [-0.39, 0.29) is 6.42 Å². The summed E-state index contributed by atoms with van der Waals surface area (Å²) in [5, 5.41) is 11.2. The number of anilines is 1. The number of halogens is 1. The molecule has 2 heterocycles. The molecule has 4 rings (SSSR count). The topological polar surface area (TPSA) is 45.5 Å². The normalized spacial score (nSPS) is 13.5. The second kappa shape index (κ2) is 5.81. The van der Waals surface area contributed by atoms with Crippen molar-refractivity contribution in [1.29, 1.82) is 0 Å². The van der Waals surface area contributed by atoms with Gasteiger partial charge < -0.3 is 14.6 Å². The van der Waals surface area contributed by atoms with Crippen LogP contribution in [-0.4, -0.2) is 29.2 Å². The van der Waals surface area contributed by atoms with Crippen LogP contribution in [0.4, 0.5) is 5.69 Å². The molecule has 4 nitrogen and oxygen atoms in total. The Kier molecular flexibility index (Phi) is 3.73. The number of hydrogen-bond donors (Lipinski definition) is 1. The van der Waals surface area contributed by atoms with Crippen LogP contribution in [0.15, 0.2) is 36.4 Å². The van der Waals surface area contributed by atoms with Crippen molar-refractivity contribution in [2.24, 2.45) is 0 Å². The number of aryl methyl sites for hydroxylation is 1. The van der Waals surface area contributed by atoms with E-state index in [0.717, 1.165) is 40.9 Å². The molecule has 0 unspecified atom stereocenters. The fourth-order valence-electron chi connectivity index (χ4n) is 3.83. The van der Waals surface area contributed by atoms with Crippen LogP contribution in [0.2, 0.25) is 5.02 Å². The third-order valence-corrected chi connectivity index (χ3v) is 5.24. The molecule has 1 aliphatic heterocycles. The SMILES string of the molecule is Cc1cc2c(-c3ccc(Cl)cc3)c(CC(=O)O)cc3c2n1CCN3C. The number of likely N-dealkylation sites (N-methyl/N-ethyl adjacent to an activating group) is 1. The predicted molar refractivity (Wildman–Crippen MR) is 102 cm³/mol. The number of hydrogen-bond acceptors (Lipinski definition) is 2. The highest BCUT2D eigenvalue weighted by Gasteiger charge is 2.24. The first-order chi connectivity index (χ1) is 12.0. The third-order valence-electron chi connectivity index (χ3n) is 4.99. The van der Waals surface area contributed by atoms with Gasteiger partial charge in [-0.2, -0.15) is 0 Å². The van der Waals surface area contributed by atoms with E-state index in [4.69, 9.17) is 11.6 Å². The Morgan fingerprint density at radius 2 is 1.92 bits per heavy atom. The molecule has 0 radical (unpaired) electrons. The summed E-state index contributed by atoms with van der Waals surface area (Å²) in [6.45, 7) is 3.97. The molecule has 0 atom stereocenters. The van der Waals surface area contributed by atoms with Crippen LogP contribution in [0.5, 0.6) is 0 Å². The largest absolute Gasteiger partial charge is 0.481 e. The molecule has 0 bridgehead atoms. The number of carbonyl (C=O) groups is 1. The van der Waals surface area contributed by atoms with E-state index >= 15 is 0 Å². The quantitative estimate of drug-likeness (QED) is 0.760. The summed E-state index contributed by atoms with van der Waals surface area (Å²) in [5.74, 6) is -0.823. The van der Waals surface area contributed by atoms with Crippen LogP contribution >= 0.6 is 11.6 Å². The van der Waals surface area contributed by atoms with Gasteiger partial charge in [0.2, 0.25) is 0 Å². The van der Waals surface area contributed by atoms with E-state index in [1.807, 2.05) is 30.3 Å². The Hall–Kier alpha value is -2.46. The molecule has 0 fully saturated rings. The van der Waals surface area contributed by atoms with Crippen LogP contribution < -0.4 is 4.90 Å². The lowest BCUT2D eigenvalue weighted by atomic mass is 9.92. The van der Waals surface area contributed by atoms with Crippen LogP contribution in [-0.2, 0) is 17.8 Å². The zero-order chi connectivity index (χ0) is 17.7. The highest BCUT2D eigenvalue weighted by Crippen LogP contribution is 2.41. The lowest BCUT2D eigenvalue weighted by Gasteiger charge is -2.29. The van der Waals surface area contributed by atoms with Crippen molar-refractivity contribution in [3.05, 3.63) is 52.7 Å². The summed E-state index contributed by atoms with van der Waals surface area (Å²) >= 11 is 6.04. The summed E-state index contributed by atoms with van der Waals surface area (Å²) in [6.07, 6.45) is -0.00102. The van der Waals surface area contributed by atoms with Crippen molar-refractivity contribution in [2.75, 3.05) is 18.5 Å². The summed E-state index contributed by atoms with van der Waals surface area (Å²) < 4.78 is 2.33. The maximum atomic E-state index is 11.5. The van der Waals surface area contributed by atoms with Crippen molar-refractivity contribution in [1.82, 2.24) is 4.57 Å². The van der Waals surface area contributed by atoms with E-state index in [0.29, 0.717) is 5.02 Å².